The first-order chi connectivity index (χ1) is 9.05. The quantitative estimate of drug-likeness (QED) is 0.571. The monoisotopic (exact) mass is 262 g/mol. The number of nitrogens with zero attached hydrogens (tertiary/aromatic N) is 4. The lowest BCUT2D eigenvalue weighted by Crippen LogP contribution is -2.29. The maximum Gasteiger partial charge on any atom is 0.145 e. The minimum Gasteiger partial charge on any atom is -0.308 e. The molecule has 19 heavy (non-hydrogen) atoms. The van der Waals surface area contributed by atoms with Crippen molar-refractivity contribution in [2.45, 2.75) is 33.7 Å². The van der Waals surface area contributed by atoms with Crippen LogP contribution in [0.3, 0.4) is 0 Å². The second-order valence-electron chi connectivity index (χ2n) is 4.99. The van der Waals surface area contributed by atoms with Crippen LogP contribution in [0.1, 0.15) is 31.8 Å². The van der Waals surface area contributed by atoms with E-state index in [4.69, 9.17) is 11.1 Å². The fourth-order valence-electron chi connectivity index (χ4n) is 1.93. The standard InChI is InChI=1S/C13H22N6/c1-10(2)8-19(6-4-5-14)9-13-16-11(3)7-12(17-13)18-15/h7,10H,4,6,8-9,15H2,1-3H3,(H,16,17,18). The summed E-state index contributed by atoms with van der Waals surface area (Å²) in [5.41, 5.74) is 3.42. The van der Waals surface area contributed by atoms with E-state index in [0.717, 1.165) is 24.6 Å². The molecule has 1 aromatic heterocycles. The minimum atomic E-state index is 0.514. The third kappa shape index (κ3) is 5.64. The molecule has 0 saturated carbocycles. The number of hydrogen-bond acceptors (Lipinski definition) is 6. The van der Waals surface area contributed by atoms with Crippen molar-refractivity contribution >= 4 is 5.82 Å². The molecule has 6 nitrogen and oxygen atoms in total. The van der Waals surface area contributed by atoms with E-state index >= 15 is 0 Å². The number of hydrazine groups is 1. The van der Waals surface area contributed by atoms with E-state index in [9.17, 15) is 0 Å². The van der Waals surface area contributed by atoms with Gasteiger partial charge >= 0.3 is 0 Å². The van der Waals surface area contributed by atoms with Gasteiger partial charge in [-0.25, -0.2) is 15.8 Å². The van der Waals surface area contributed by atoms with Gasteiger partial charge in [0.05, 0.1) is 12.6 Å². The molecule has 6 heteroatoms. The lowest BCUT2D eigenvalue weighted by Gasteiger charge is -2.22. The van der Waals surface area contributed by atoms with Crippen LogP contribution in [-0.4, -0.2) is 28.0 Å². The molecule has 1 aromatic rings. The summed E-state index contributed by atoms with van der Waals surface area (Å²) in [4.78, 5) is 10.9. The molecule has 0 bridgehead atoms. The van der Waals surface area contributed by atoms with Crippen molar-refractivity contribution < 1.29 is 0 Å². The van der Waals surface area contributed by atoms with E-state index in [1.807, 2.05) is 6.92 Å². The van der Waals surface area contributed by atoms with Crippen molar-refractivity contribution in [2.75, 3.05) is 18.5 Å². The summed E-state index contributed by atoms with van der Waals surface area (Å²) in [7, 11) is 0. The summed E-state index contributed by atoms with van der Waals surface area (Å²) in [6, 6.07) is 3.97. The summed E-state index contributed by atoms with van der Waals surface area (Å²) in [5.74, 6) is 7.27. The smallest absolute Gasteiger partial charge is 0.145 e. The highest BCUT2D eigenvalue weighted by molar-refractivity contribution is 5.33. The predicted octanol–water partition coefficient (Wildman–Crippen LogP) is 1.44. The zero-order chi connectivity index (χ0) is 14.3. The third-order valence-corrected chi connectivity index (χ3v) is 2.58. The predicted molar refractivity (Wildman–Crippen MR) is 74.9 cm³/mol. The van der Waals surface area contributed by atoms with Crippen molar-refractivity contribution in [1.29, 1.82) is 5.26 Å². The number of aromatic nitrogens is 2. The Morgan fingerprint density at radius 3 is 2.79 bits per heavy atom. The Labute approximate surface area is 114 Å². The van der Waals surface area contributed by atoms with E-state index in [1.54, 1.807) is 6.07 Å². The molecule has 104 valence electrons. The number of rotatable bonds is 7. The molecule has 0 atom stereocenters. The van der Waals surface area contributed by atoms with Crippen LogP contribution in [0.15, 0.2) is 6.07 Å². The van der Waals surface area contributed by atoms with E-state index < -0.39 is 0 Å². The van der Waals surface area contributed by atoms with Crippen LogP contribution in [0, 0.1) is 24.2 Å². The number of nitrogens with two attached hydrogens (primary N) is 1. The summed E-state index contributed by atoms with van der Waals surface area (Å²) in [5, 5.41) is 8.71. The van der Waals surface area contributed by atoms with Gasteiger partial charge in [-0.2, -0.15) is 5.26 Å². The number of hydrogen-bond donors (Lipinski definition) is 2. The van der Waals surface area contributed by atoms with Crippen LogP contribution < -0.4 is 11.3 Å². The Hall–Kier alpha value is -1.71. The first-order valence-electron chi connectivity index (χ1n) is 6.45. The molecule has 0 aliphatic rings. The van der Waals surface area contributed by atoms with Gasteiger partial charge in [0.25, 0.3) is 0 Å². The highest BCUT2D eigenvalue weighted by Gasteiger charge is 2.11. The number of anilines is 1. The van der Waals surface area contributed by atoms with Gasteiger partial charge in [-0.05, 0) is 12.8 Å². The number of nitrogen functional groups attached to an aromatic ring is 1. The SMILES string of the molecule is Cc1cc(NN)nc(CN(CCC#N)CC(C)C)n1. The fourth-order valence-corrected chi connectivity index (χ4v) is 1.93. The van der Waals surface area contributed by atoms with Crippen LogP contribution in [0.5, 0.6) is 0 Å². The van der Waals surface area contributed by atoms with E-state index in [1.165, 1.54) is 0 Å². The average molecular weight is 262 g/mol. The molecule has 0 amide bonds. The van der Waals surface area contributed by atoms with Crippen molar-refractivity contribution in [3.05, 3.63) is 17.6 Å². The Morgan fingerprint density at radius 1 is 1.47 bits per heavy atom. The van der Waals surface area contributed by atoms with Gasteiger partial charge in [-0.15, -0.1) is 0 Å². The molecular weight excluding hydrogens is 240 g/mol. The van der Waals surface area contributed by atoms with Crippen LogP contribution >= 0.6 is 0 Å². The molecule has 0 saturated heterocycles. The van der Waals surface area contributed by atoms with Gasteiger partial charge in [0.2, 0.25) is 0 Å². The average Bonchev–Trinajstić information content (AvgIpc) is 2.34. The molecule has 0 unspecified atom stereocenters. The summed E-state index contributed by atoms with van der Waals surface area (Å²) in [6.45, 7) is 8.51. The zero-order valence-corrected chi connectivity index (χ0v) is 11.8. The molecule has 1 heterocycles. The third-order valence-electron chi connectivity index (χ3n) is 2.58. The highest BCUT2D eigenvalue weighted by atomic mass is 15.3. The lowest BCUT2D eigenvalue weighted by molar-refractivity contribution is 0.235. The zero-order valence-electron chi connectivity index (χ0n) is 11.8. The number of nitriles is 1. The Bertz CT molecular complexity index is 437. The molecule has 3 N–H and O–H groups in total. The lowest BCUT2D eigenvalue weighted by atomic mass is 10.2. The largest absolute Gasteiger partial charge is 0.308 e. The van der Waals surface area contributed by atoms with Gasteiger partial charge in [0, 0.05) is 31.3 Å². The van der Waals surface area contributed by atoms with Gasteiger partial charge in [-0.1, -0.05) is 13.8 Å². The van der Waals surface area contributed by atoms with Crippen LogP contribution in [-0.2, 0) is 6.54 Å². The Kier molecular flexibility index (Phi) is 6.19. The first-order valence-corrected chi connectivity index (χ1v) is 6.45. The normalized spacial score (nSPS) is 10.8. The van der Waals surface area contributed by atoms with Crippen molar-refractivity contribution in [2.24, 2.45) is 11.8 Å². The van der Waals surface area contributed by atoms with Crippen LogP contribution in [0.4, 0.5) is 5.82 Å². The maximum absolute atomic E-state index is 8.71. The summed E-state index contributed by atoms with van der Waals surface area (Å²) < 4.78 is 0. The van der Waals surface area contributed by atoms with Crippen molar-refractivity contribution in [3.8, 4) is 6.07 Å². The van der Waals surface area contributed by atoms with Crippen LogP contribution in [0.25, 0.3) is 0 Å². The molecule has 0 fully saturated rings. The fraction of sp³-hybridized carbons (Fsp3) is 0.615. The van der Waals surface area contributed by atoms with Crippen LogP contribution in [0.2, 0.25) is 0 Å². The highest BCUT2D eigenvalue weighted by Crippen LogP contribution is 2.09. The second kappa shape index (κ2) is 7.67. The summed E-state index contributed by atoms with van der Waals surface area (Å²) >= 11 is 0. The van der Waals surface area contributed by atoms with Gasteiger partial charge < -0.3 is 5.43 Å². The number of aryl methyl sites for hydroxylation is 1. The van der Waals surface area contributed by atoms with Gasteiger partial charge in [0.15, 0.2) is 0 Å². The van der Waals surface area contributed by atoms with Crippen molar-refractivity contribution in [3.63, 3.8) is 0 Å². The molecule has 0 aromatic carbocycles. The molecule has 0 aliphatic heterocycles. The first kappa shape index (κ1) is 15.3. The molecule has 0 radical (unpaired) electrons. The number of nitrogens with one attached hydrogen (secondary N) is 1. The molecule has 0 spiro atoms. The van der Waals surface area contributed by atoms with Gasteiger partial charge in [0.1, 0.15) is 11.6 Å². The van der Waals surface area contributed by atoms with Crippen molar-refractivity contribution in [1.82, 2.24) is 14.9 Å². The molecule has 0 aliphatic carbocycles. The van der Waals surface area contributed by atoms with Gasteiger partial charge in [-0.3, -0.25) is 4.90 Å². The van der Waals surface area contributed by atoms with E-state index in [0.29, 0.717) is 24.7 Å². The summed E-state index contributed by atoms with van der Waals surface area (Å²) in [6.07, 6.45) is 0.514. The molecule has 1 rings (SSSR count). The molecular formula is C13H22N6. The Morgan fingerprint density at radius 2 is 2.21 bits per heavy atom. The Balaban J connectivity index is 2.77. The van der Waals surface area contributed by atoms with E-state index in [2.05, 4.69) is 40.2 Å². The minimum absolute atomic E-state index is 0.514. The second-order valence-corrected chi connectivity index (χ2v) is 4.99. The van der Waals surface area contributed by atoms with E-state index in [-0.39, 0.29) is 0 Å². The maximum atomic E-state index is 8.71. The topological polar surface area (TPSA) is 90.9 Å².